The van der Waals surface area contributed by atoms with Gasteiger partial charge in [-0.2, -0.15) is 0 Å². The molecule has 0 bridgehead atoms. The zero-order chi connectivity index (χ0) is 19.7. The Labute approximate surface area is 166 Å². The minimum atomic E-state index is -0.317. The fourth-order valence-corrected chi connectivity index (χ4v) is 4.30. The number of methoxy groups -OCH3 is 1. The van der Waals surface area contributed by atoms with E-state index in [0.29, 0.717) is 37.7 Å². The third-order valence-corrected chi connectivity index (χ3v) is 5.84. The van der Waals surface area contributed by atoms with Gasteiger partial charge in [-0.05, 0) is 37.3 Å². The van der Waals surface area contributed by atoms with Gasteiger partial charge in [0.05, 0.1) is 24.1 Å². The number of amides is 2. The molecule has 0 radical (unpaired) electrons. The van der Waals surface area contributed by atoms with Crippen LogP contribution in [0.1, 0.15) is 16.6 Å². The number of hydrogen-bond acceptors (Lipinski definition) is 6. The Morgan fingerprint density at radius 3 is 2.54 bits per heavy atom. The molecule has 146 valence electrons. The number of carbonyl (C=O) groups excluding carboxylic acids is 2. The van der Waals surface area contributed by atoms with E-state index in [1.54, 1.807) is 23.8 Å². The minimum absolute atomic E-state index is 0.0202. The summed E-state index contributed by atoms with van der Waals surface area (Å²) in [5.74, 6) is 0.757. The molecule has 0 saturated carbocycles. The smallest absolute Gasteiger partial charge is 0.409 e. The lowest BCUT2D eigenvalue weighted by Crippen LogP contribution is -2.50. The fourth-order valence-electron chi connectivity index (χ4n) is 3.31. The third kappa shape index (κ3) is 3.47. The Morgan fingerprint density at radius 1 is 1.07 bits per heavy atom. The van der Waals surface area contributed by atoms with Crippen molar-refractivity contribution in [2.24, 2.45) is 0 Å². The van der Waals surface area contributed by atoms with Crippen LogP contribution >= 0.6 is 11.3 Å². The highest BCUT2D eigenvalue weighted by Gasteiger charge is 2.26. The second kappa shape index (κ2) is 7.63. The third-order valence-electron chi connectivity index (χ3n) is 4.81. The van der Waals surface area contributed by atoms with Crippen LogP contribution < -0.4 is 4.74 Å². The van der Waals surface area contributed by atoms with Crippen molar-refractivity contribution in [3.8, 4) is 5.75 Å². The van der Waals surface area contributed by atoms with Crippen molar-refractivity contribution in [3.05, 3.63) is 35.2 Å². The molecule has 1 aromatic carbocycles. The van der Waals surface area contributed by atoms with Crippen LogP contribution in [0.15, 0.2) is 30.3 Å². The van der Waals surface area contributed by atoms with Crippen LogP contribution in [0.25, 0.3) is 21.1 Å². The summed E-state index contributed by atoms with van der Waals surface area (Å²) in [5, 5.41) is 1.92. The van der Waals surface area contributed by atoms with Crippen LogP contribution in [0.4, 0.5) is 4.79 Å². The lowest BCUT2D eigenvalue weighted by molar-refractivity contribution is 0.0574. The summed E-state index contributed by atoms with van der Waals surface area (Å²) >= 11 is 1.40. The number of nitrogens with zero attached hydrogens (tertiary/aromatic N) is 3. The lowest BCUT2D eigenvalue weighted by atomic mass is 10.2. The topological polar surface area (TPSA) is 72.0 Å². The number of aromatic nitrogens is 1. The number of piperazine rings is 1. The molecule has 1 saturated heterocycles. The summed E-state index contributed by atoms with van der Waals surface area (Å²) in [4.78, 5) is 34.3. The molecule has 28 heavy (non-hydrogen) atoms. The Bertz CT molecular complexity index is 1040. The average Bonchev–Trinajstić information content (AvgIpc) is 3.14. The van der Waals surface area contributed by atoms with Crippen molar-refractivity contribution in [2.75, 3.05) is 39.9 Å². The number of pyridine rings is 1. The average molecular weight is 399 g/mol. The van der Waals surface area contributed by atoms with Crippen LogP contribution in [0, 0.1) is 0 Å². The highest BCUT2D eigenvalue weighted by molar-refractivity contribution is 7.20. The van der Waals surface area contributed by atoms with Gasteiger partial charge in [0.1, 0.15) is 10.6 Å². The molecule has 7 nitrogen and oxygen atoms in total. The first-order chi connectivity index (χ1) is 13.6. The van der Waals surface area contributed by atoms with E-state index >= 15 is 0 Å². The summed E-state index contributed by atoms with van der Waals surface area (Å²) in [6, 6.07) is 9.67. The van der Waals surface area contributed by atoms with Crippen molar-refractivity contribution < 1.29 is 19.1 Å². The predicted octanol–water partition coefficient (Wildman–Crippen LogP) is 3.37. The van der Waals surface area contributed by atoms with Gasteiger partial charge in [0.2, 0.25) is 0 Å². The van der Waals surface area contributed by atoms with E-state index in [1.165, 1.54) is 11.3 Å². The first-order valence-electron chi connectivity index (χ1n) is 9.18. The van der Waals surface area contributed by atoms with E-state index in [-0.39, 0.29) is 12.0 Å². The number of hydrogen-bond donors (Lipinski definition) is 0. The molecule has 0 spiro atoms. The Kier molecular flexibility index (Phi) is 5.04. The number of rotatable bonds is 3. The van der Waals surface area contributed by atoms with Crippen LogP contribution in [0.2, 0.25) is 0 Å². The molecule has 8 heteroatoms. The Morgan fingerprint density at radius 2 is 1.82 bits per heavy atom. The van der Waals surface area contributed by atoms with Gasteiger partial charge in [-0.1, -0.05) is 0 Å². The monoisotopic (exact) mass is 399 g/mol. The van der Waals surface area contributed by atoms with E-state index in [0.717, 1.165) is 26.9 Å². The zero-order valence-corrected chi connectivity index (χ0v) is 16.6. The van der Waals surface area contributed by atoms with Crippen molar-refractivity contribution >= 4 is 44.5 Å². The first kappa shape index (κ1) is 18.5. The molecule has 4 rings (SSSR count). The van der Waals surface area contributed by atoms with Crippen molar-refractivity contribution in [1.29, 1.82) is 0 Å². The van der Waals surface area contributed by atoms with Crippen molar-refractivity contribution in [1.82, 2.24) is 14.8 Å². The predicted molar refractivity (Wildman–Crippen MR) is 108 cm³/mol. The second-order valence-corrected chi connectivity index (χ2v) is 7.56. The molecule has 1 fully saturated rings. The van der Waals surface area contributed by atoms with Gasteiger partial charge < -0.3 is 19.3 Å². The van der Waals surface area contributed by atoms with Gasteiger partial charge in [0, 0.05) is 37.0 Å². The molecule has 0 aliphatic carbocycles. The largest absolute Gasteiger partial charge is 0.497 e. The van der Waals surface area contributed by atoms with Crippen molar-refractivity contribution in [2.45, 2.75) is 6.92 Å². The summed E-state index contributed by atoms with van der Waals surface area (Å²) in [7, 11) is 1.64. The fraction of sp³-hybridized carbons (Fsp3) is 0.350. The summed E-state index contributed by atoms with van der Waals surface area (Å²) < 4.78 is 10.3. The lowest BCUT2D eigenvalue weighted by Gasteiger charge is -2.33. The Balaban J connectivity index is 1.53. The van der Waals surface area contributed by atoms with E-state index in [1.807, 2.05) is 30.3 Å². The SMILES string of the molecule is CCOC(=O)N1CCN(C(=O)c2cc3cc4cc(OC)ccc4nc3s2)CC1. The maximum atomic E-state index is 12.9. The maximum absolute atomic E-state index is 12.9. The standard InChI is InChI=1S/C20H21N3O4S/c1-3-27-20(25)23-8-6-22(7-9-23)19(24)17-12-14-10-13-11-15(26-2)4-5-16(13)21-18(14)28-17/h4-5,10-12H,3,6-9H2,1-2H3. The summed E-state index contributed by atoms with van der Waals surface area (Å²) in [6.45, 7) is 4.10. The normalized spacial score (nSPS) is 14.5. The first-order valence-corrected chi connectivity index (χ1v) is 10.00. The number of benzene rings is 1. The molecule has 0 unspecified atom stereocenters. The molecule has 2 amide bonds. The number of ether oxygens (including phenoxy) is 2. The molecule has 3 aromatic rings. The van der Waals surface area contributed by atoms with Gasteiger partial charge in [0.15, 0.2) is 0 Å². The van der Waals surface area contributed by atoms with Crippen LogP contribution in [0.5, 0.6) is 5.75 Å². The highest BCUT2D eigenvalue weighted by atomic mass is 32.1. The highest BCUT2D eigenvalue weighted by Crippen LogP contribution is 2.30. The summed E-state index contributed by atoms with van der Waals surface area (Å²) in [5.41, 5.74) is 0.872. The van der Waals surface area contributed by atoms with E-state index in [2.05, 4.69) is 4.98 Å². The van der Waals surface area contributed by atoms with Gasteiger partial charge in [-0.25, -0.2) is 9.78 Å². The number of thiophene rings is 1. The van der Waals surface area contributed by atoms with Gasteiger partial charge >= 0.3 is 6.09 Å². The molecular weight excluding hydrogens is 378 g/mol. The number of fused-ring (bicyclic) bond motifs is 2. The van der Waals surface area contributed by atoms with Crippen LogP contribution in [0.3, 0.4) is 0 Å². The molecule has 0 atom stereocenters. The molecule has 1 aliphatic heterocycles. The van der Waals surface area contributed by atoms with E-state index in [4.69, 9.17) is 9.47 Å². The maximum Gasteiger partial charge on any atom is 0.409 e. The van der Waals surface area contributed by atoms with E-state index in [9.17, 15) is 9.59 Å². The Hall–Kier alpha value is -2.87. The van der Waals surface area contributed by atoms with Crippen molar-refractivity contribution in [3.63, 3.8) is 0 Å². The quantitative estimate of drug-likeness (QED) is 0.675. The molecule has 2 aromatic heterocycles. The van der Waals surface area contributed by atoms with Gasteiger partial charge in [-0.3, -0.25) is 4.79 Å². The van der Waals surface area contributed by atoms with Crippen LogP contribution in [-0.2, 0) is 4.74 Å². The van der Waals surface area contributed by atoms with Gasteiger partial charge in [0.25, 0.3) is 5.91 Å². The van der Waals surface area contributed by atoms with Gasteiger partial charge in [-0.15, -0.1) is 11.3 Å². The molecule has 1 aliphatic rings. The second-order valence-electron chi connectivity index (χ2n) is 6.53. The summed E-state index contributed by atoms with van der Waals surface area (Å²) in [6.07, 6.45) is -0.317. The molecule has 3 heterocycles. The number of carbonyl (C=O) groups is 2. The van der Waals surface area contributed by atoms with E-state index < -0.39 is 0 Å². The zero-order valence-electron chi connectivity index (χ0n) is 15.8. The molecule has 0 N–H and O–H groups in total. The minimum Gasteiger partial charge on any atom is -0.497 e. The molecular formula is C20H21N3O4S. The van der Waals surface area contributed by atoms with Crippen LogP contribution in [-0.4, -0.2) is 66.7 Å².